The number of nitrogens with one attached hydrogen (secondary N) is 1. The Labute approximate surface area is 174 Å². The number of aromatic nitrogens is 5. The third-order valence-electron chi connectivity index (χ3n) is 4.33. The maximum absolute atomic E-state index is 13.0. The van der Waals surface area contributed by atoms with E-state index in [-0.39, 0.29) is 23.6 Å². The molecule has 9 nitrogen and oxygen atoms in total. The van der Waals surface area contributed by atoms with Crippen molar-refractivity contribution in [1.82, 2.24) is 24.7 Å². The van der Waals surface area contributed by atoms with Crippen LogP contribution in [0.4, 0.5) is 0 Å². The normalized spacial score (nSPS) is 10.7. The third-order valence-corrected chi connectivity index (χ3v) is 4.55. The van der Waals surface area contributed by atoms with Gasteiger partial charge in [0.15, 0.2) is 0 Å². The summed E-state index contributed by atoms with van der Waals surface area (Å²) in [6.45, 7) is 1.65. The van der Waals surface area contributed by atoms with E-state index in [4.69, 9.17) is 21.6 Å². The summed E-state index contributed by atoms with van der Waals surface area (Å²) in [4.78, 5) is 33.4. The predicted octanol–water partition coefficient (Wildman–Crippen LogP) is 2.55. The average molecular weight is 421 g/mol. The van der Waals surface area contributed by atoms with Gasteiger partial charge in [0.1, 0.15) is 17.0 Å². The average Bonchev–Trinajstić information content (AvgIpc) is 2.74. The van der Waals surface area contributed by atoms with Crippen LogP contribution in [0.3, 0.4) is 0 Å². The molecule has 148 valence electrons. The monoisotopic (exact) mass is 420 g/mol. The minimum Gasteiger partial charge on any atom is -0.450 e. The van der Waals surface area contributed by atoms with Gasteiger partial charge >= 0.3 is 0 Å². The van der Waals surface area contributed by atoms with Gasteiger partial charge in [-0.3, -0.25) is 19.1 Å². The number of pyridine rings is 1. The van der Waals surface area contributed by atoms with Crippen LogP contribution in [0.2, 0.25) is 5.02 Å². The second kappa shape index (κ2) is 7.77. The molecule has 4 rings (SSSR count). The second-order valence-corrected chi connectivity index (χ2v) is 6.82. The van der Waals surface area contributed by atoms with E-state index in [1.54, 1.807) is 25.3 Å². The topological polar surface area (TPSA) is 127 Å². The van der Waals surface area contributed by atoms with Crippen LogP contribution in [0.1, 0.15) is 17.0 Å². The summed E-state index contributed by atoms with van der Waals surface area (Å²) in [5.41, 5.74) is 0.636. The Hall–Kier alpha value is -4.03. The van der Waals surface area contributed by atoms with Crippen molar-refractivity contribution in [3.63, 3.8) is 0 Å². The quantitative estimate of drug-likeness (QED) is 0.537. The highest BCUT2D eigenvalue weighted by Gasteiger charge is 2.15. The number of H-pyrrole nitrogens is 1. The van der Waals surface area contributed by atoms with Crippen LogP contribution in [-0.2, 0) is 6.54 Å². The molecule has 30 heavy (non-hydrogen) atoms. The smallest absolute Gasteiger partial charge is 0.296 e. The molecule has 0 aliphatic heterocycles. The molecule has 3 heterocycles. The van der Waals surface area contributed by atoms with Gasteiger partial charge in [-0.2, -0.15) is 10.4 Å². The van der Waals surface area contributed by atoms with Crippen molar-refractivity contribution in [2.75, 3.05) is 0 Å². The Kier molecular flexibility index (Phi) is 5.00. The molecule has 0 saturated heterocycles. The molecular weight excluding hydrogens is 408 g/mol. The van der Waals surface area contributed by atoms with E-state index in [0.717, 1.165) is 0 Å². The van der Waals surface area contributed by atoms with E-state index in [2.05, 4.69) is 20.2 Å². The van der Waals surface area contributed by atoms with Gasteiger partial charge in [-0.25, -0.2) is 10.1 Å². The highest BCUT2D eigenvalue weighted by molar-refractivity contribution is 6.30. The van der Waals surface area contributed by atoms with Crippen molar-refractivity contribution in [2.45, 2.75) is 13.5 Å². The number of hydrogen-bond acceptors (Lipinski definition) is 7. The lowest BCUT2D eigenvalue weighted by atomic mass is 10.2. The summed E-state index contributed by atoms with van der Waals surface area (Å²) >= 11 is 6.01. The molecule has 0 aliphatic rings. The van der Waals surface area contributed by atoms with Crippen LogP contribution in [0.25, 0.3) is 10.9 Å². The third kappa shape index (κ3) is 3.64. The maximum atomic E-state index is 13.0. The van der Waals surface area contributed by atoms with Gasteiger partial charge in [-0.05, 0) is 37.3 Å². The SMILES string of the molecule is Cc1ncn(Cc2n[nH]c(=O)c3cccnc23)c(=O)c1Oc1cc(Cl)cc(C#N)c1. The highest BCUT2D eigenvalue weighted by Crippen LogP contribution is 2.25. The molecule has 0 spiro atoms. The van der Waals surface area contributed by atoms with E-state index >= 15 is 0 Å². The van der Waals surface area contributed by atoms with Crippen LogP contribution in [-0.4, -0.2) is 24.7 Å². The zero-order valence-electron chi connectivity index (χ0n) is 15.6. The summed E-state index contributed by atoms with van der Waals surface area (Å²) in [7, 11) is 0. The van der Waals surface area contributed by atoms with Crippen LogP contribution in [0.15, 0.2) is 52.4 Å². The fraction of sp³-hybridized carbons (Fsp3) is 0.100. The Balaban J connectivity index is 1.75. The Bertz CT molecular complexity index is 1440. The summed E-state index contributed by atoms with van der Waals surface area (Å²) in [6, 6.07) is 9.72. The first-order valence-corrected chi connectivity index (χ1v) is 9.11. The number of ether oxygens (including phenoxy) is 1. The number of fused-ring (bicyclic) bond motifs is 1. The number of benzene rings is 1. The zero-order chi connectivity index (χ0) is 21.3. The first-order valence-electron chi connectivity index (χ1n) is 8.73. The van der Waals surface area contributed by atoms with Gasteiger partial charge in [-0.1, -0.05) is 11.6 Å². The van der Waals surface area contributed by atoms with Crippen LogP contribution in [0.5, 0.6) is 11.5 Å². The molecule has 1 aromatic carbocycles. The summed E-state index contributed by atoms with van der Waals surface area (Å²) in [5, 5.41) is 16.2. The van der Waals surface area contributed by atoms with Crippen molar-refractivity contribution < 1.29 is 4.74 Å². The number of nitriles is 1. The van der Waals surface area contributed by atoms with E-state index in [0.29, 0.717) is 32.9 Å². The molecule has 0 saturated carbocycles. The first-order chi connectivity index (χ1) is 14.5. The molecular formula is C20H13ClN6O3. The zero-order valence-corrected chi connectivity index (χ0v) is 16.3. The van der Waals surface area contributed by atoms with Crippen molar-refractivity contribution in [2.24, 2.45) is 0 Å². The molecule has 4 aromatic rings. The summed E-state index contributed by atoms with van der Waals surface area (Å²) in [5.74, 6) is 0.235. The number of aryl methyl sites for hydroxylation is 1. The molecule has 3 aromatic heterocycles. The van der Waals surface area contributed by atoms with Crippen LogP contribution < -0.4 is 15.9 Å². The minimum atomic E-state index is -0.460. The number of halogens is 1. The van der Waals surface area contributed by atoms with E-state index in [9.17, 15) is 9.59 Å². The van der Waals surface area contributed by atoms with Crippen molar-refractivity contribution in [3.05, 3.63) is 85.5 Å². The van der Waals surface area contributed by atoms with E-state index in [1.165, 1.54) is 29.1 Å². The molecule has 0 amide bonds. The molecule has 0 aliphatic carbocycles. The van der Waals surface area contributed by atoms with E-state index < -0.39 is 5.56 Å². The van der Waals surface area contributed by atoms with Gasteiger partial charge in [0.25, 0.3) is 11.1 Å². The minimum absolute atomic E-state index is 0.00894. The number of hydrogen-bond donors (Lipinski definition) is 1. The molecule has 0 fully saturated rings. The molecule has 0 radical (unpaired) electrons. The Morgan fingerprint density at radius 1 is 1.27 bits per heavy atom. The molecule has 0 unspecified atom stereocenters. The molecule has 10 heteroatoms. The number of rotatable bonds is 4. The van der Waals surface area contributed by atoms with E-state index in [1.807, 2.05) is 6.07 Å². The lowest BCUT2D eigenvalue weighted by Crippen LogP contribution is -2.24. The van der Waals surface area contributed by atoms with Crippen LogP contribution >= 0.6 is 11.6 Å². The molecule has 1 N–H and O–H groups in total. The summed E-state index contributed by atoms with van der Waals surface area (Å²) < 4.78 is 7.02. The van der Waals surface area contributed by atoms with Crippen molar-refractivity contribution in [1.29, 1.82) is 5.26 Å². The van der Waals surface area contributed by atoms with Gasteiger partial charge < -0.3 is 4.74 Å². The van der Waals surface area contributed by atoms with Crippen LogP contribution in [0, 0.1) is 18.3 Å². The highest BCUT2D eigenvalue weighted by atomic mass is 35.5. The maximum Gasteiger partial charge on any atom is 0.296 e. The Morgan fingerprint density at radius 3 is 2.90 bits per heavy atom. The number of aromatic amines is 1. The largest absolute Gasteiger partial charge is 0.450 e. The fourth-order valence-electron chi connectivity index (χ4n) is 2.91. The fourth-order valence-corrected chi connectivity index (χ4v) is 3.13. The van der Waals surface area contributed by atoms with Gasteiger partial charge in [-0.15, -0.1) is 0 Å². The second-order valence-electron chi connectivity index (χ2n) is 6.38. The predicted molar refractivity (Wildman–Crippen MR) is 109 cm³/mol. The van der Waals surface area contributed by atoms with Gasteiger partial charge in [0, 0.05) is 11.2 Å². The molecule has 0 bridgehead atoms. The van der Waals surface area contributed by atoms with Gasteiger partial charge in [0.2, 0.25) is 5.75 Å². The molecule has 0 atom stereocenters. The lowest BCUT2D eigenvalue weighted by molar-refractivity contribution is 0.458. The lowest BCUT2D eigenvalue weighted by Gasteiger charge is -2.12. The van der Waals surface area contributed by atoms with Gasteiger partial charge in [0.05, 0.1) is 35.6 Å². The first kappa shape index (κ1) is 19.3. The summed E-state index contributed by atoms with van der Waals surface area (Å²) in [6.07, 6.45) is 2.91. The van der Waals surface area contributed by atoms with Crippen molar-refractivity contribution >= 4 is 22.5 Å². The Morgan fingerprint density at radius 2 is 2.10 bits per heavy atom. The standard InChI is InChI=1S/C20H13ClN6O3/c1-11-18(30-14-6-12(8-22)5-13(21)7-14)20(29)27(10-24-11)9-16-17-15(3-2-4-23-17)19(28)26-25-16/h2-7,10H,9H2,1H3,(H,26,28). The number of nitrogens with zero attached hydrogens (tertiary/aromatic N) is 5. The van der Waals surface area contributed by atoms with Crippen molar-refractivity contribution in [3.8, 4) is 17.6 Å².